The molecule has 0 aliphatic rings. The average Bonchev–Trinajstić information content (AvgIpc) is 3.01. The van der Waals surface area contributed by atoms with Crippen molar-refractivity contribution in [2.45, 2.75) is 6.92 Å². The quantitative estimate of drug-likeness (QED) is 0.733. The summed E-state index contributed by atoms with van der Waals surface area (Å²) in [6, 6.07) is 15.3. The van der Waals surface area contributed by atoms with Gasteiger partial charge in [-0.15, -0.1) is 11.3 Å². The fourth-order valence-electron chi connectivity index (χ4n) is 2.00. The maximum Gasteiger partial charge on any atom is 0.267 e. The fraction of sp³-hybridized carbons (Fsp3) is 0.0588. The number of halogens is 1. The molecular weight excluding hydrogens is 316 g/mol. The Balaban J connectivity index is 1.80. The molecule has 0 atom stereocenters. The van der Waals surface area contributed by atoms with E-state index in [2.05, 4.69) is 10.3 Å². The van der Waals surface area contributed by atoms with E-state index in [0.717, 1.165) is 16.1 Å². The molecule has 2 aromatic carbocycles. The standard InChI is InChI=1S/C17H13ClN2OS/c1-11-7-8-14(13(18)9-11)20-16(21)15-10-19-17(22-15)12-5-3-2-4-6-12/h2-10H,1H3,(H,20,21). The smallest absolute Gasteiger partial charge is 0.267 e. The lowest BCUT2D eigenvalue weighted by Crippen LogP contribution is -2.10. The molecule has 1 amide bonds. The molecule has 0 saturated heterocycles. The Morgan fingerprint density at radius 2 is 1.95 bits per heavy atom. The van der Waals surface area contributed by atoms with Crippen molar-refractivity contribution in [1.29, 1.82) is 0 Å². The summed E-state index contributed by atoms with van der Waals surface area (Å²) >= 11 is 7.49. The molecule has 1 heterocycles. The van der Waals surface area contributed by atoms with E-state index in [1.807, 2.05) is 49.4 Å². The van der Waals surface area contributed by atoms with Crippen molar-refractivity contribution >= 4 is 34.5 Å². The minimum absolute atomic E-state index is 0.203. The van der Waals surface area contributed by atoms with Gasteiger partial charge in [0.1, 0.15) is 9.88 Å². The molecule has 0 aliphatic carbocycles. The van der Waals surface area contributed by atoms with E-state index in [1.165, 1.54) is 11.3 Å². The van der Waals surface area contributed by atoms with E-state index in [4.69, 9.17) is 11.6 Å². The molecule has 0 unspecified atom stereocenters. The molecule has 1 aromatic heterocycles. The van der Waals surface area contributed by atoms with Gasteiger partial charge in [-0.2, -0.15) is 0 Å². The van der Waals surface area contributed by atoms with Crippen LogP contribution >= 0.6 is 22.9 Å². The Morgan fingerprint density at radius 3 is 2.68 bits per heavy atom. The van der Waals surface area contributed by atoms with Crippen molar-refractivity contribution in [3.05, 3.63) is 70.2 Å². The van der Waals surface area contributed by atoms with Crippen LogP contribution in [-0.4, -0.2) is 10.9 Å². The van der Waals surface area contributed by atoms with E-state index >= 15 is 0 Å². The molecular formula is C17H13ClN2OS. The van der Waals surface area contributed by atoms with Crippen LogP contribution in [0.25, 0.3) is 10.6 Å². The molecule has 0 spiro atoms. The Morgan fingerprint density at radius 1 is 1.18 bits per heavy atom. The average molecular weight is 329 g/mol. The lowest BCUT2D eigenvalue weighted by molar-refractivity contribution is 0.103. The number of hydrogen-bond donors (Lipinski definition) is 1. The maximum atomic E-state index is 12.3. The largest absolute Gasteiger partial charge is 0.320 e. The number of carbonyl (C=O) groups is 1. The zero-order valence-electron chi connectivity index (χ0n) is 11.8. The highest BCUT2D eigenvalue weighted by atomic mass is 35.5. The number of anilines is 1. The summed E-state index contributed by atoms with van der Waals surface area (Å²) in [5.74, 6) is -0.203. The van der Waals surface area contributed by atoms with E-state index in [1.54, 1.807) is 12.3 Å². The van der Waals surface area contributed by atoms with E-state index in [9.17, 15) is 4.79 Å². The number of nitrogens with zero attached hydrogens (tertiary/aromatic N) is 1. The van der Waals surface area contributed by atoms with Crippen LogP contribution in [0, 0.1) is 6.92 Å². The molecule has 3 rings (SSSR count). The summed E-state index contributed by atoms with van der Waals surface area (Å²) < 4.78 is 0. The monoisotopic (exact) mass is 328 g/mol. The highest BCUT2D eigenvalue weighted by molar-refractivity contribution is 7.17. The predicted molar refractivity (Wildman–Crippen MR) is 91.7 cm³/mol. The molecule has 0 aliphatic heterocycles. The first-order chi connectivity index (χ1) is 10.6. The van der Waals surface area contributed by atoms with Crippen LogP contribution in [0.2, 0.25) is 5.02 Å². The number of nitrogens with one attached hydrogen (secondary N) is 1. The highest BCUT2D eigenvalue weighted by Crippen LogP contribution is 2.27. The summed E-state index contributed by atoms with van der Waals surface area (Å²) in [6.45, 7) is 1.95. The maximum absolute atomic E-state index is 12.3. The molecule has 0 bridgehead atoms. The first-order valence-corrected chi connectivity index (χ1v) is 7.92. The van der Waals surface area contributed by atoms with Crippen LogP contribution in [0.4, 0.5) is 5.69 Å². The highest BCUT2D eigenvalue weighted by Gasteiger charge is 2.13. The third-order valence-corrected chi connectivity index (χ3v) is 4.48. The fourth-order valence-corrected chi connectivity index (χ4v) is 3.10. The first-order valence-electron chi connectivity index (χ1n) is 6.72. The summed E-state index contributed by atoms with van der Waals surface area (Å²) in [5.41, 5.74) is 2.65. The lowest BCUT2D eigenvalue weighted by atomic mass is 10.2. The molecule has 3 nitrogen and oxygen atoms in total. The Hall–Kier alpha value is -2.17. The van der Waals surface area contributed by atoms with Crippen LogP contribution in [0.5, 0.6) is 0 Å². The van der Waals surface area contributed by atoms with Gasteiger partial charge < -0.3 is 5.32 Å². The number of aryl methyl sites for hydroxylation is 1. The second-order valence-corrected chi connectivity index (χ2v) is 6.27. The lowest BCUT2D eigenvalue weighted by Gasteiger charge is -2.06. The third-order valence-electron chi connectivity index (χ3n) is 3.12. The zero-order valence-corrected chi connectivity index (χ0v) is 13.4. The van der Waals surface area contributed by atoms with Gasteiger partial charge in [0.2, 0.25) is 0 Å². The van der Waals surface area contributed by atoms with Crippen molar-refractivity contribution in [3.63, 3.8) is 0 Å². The number of amides is 1. The van der Waals surface area contributed by atoms with Crippen LogP contribution in [0.3, 0.4) is 0 Å². The molecule has 0 radical (unpaired) electrons. The van der Waals surface area contributed by atoms with Crippen LogP contribution in [0.15, 0.2) is 54.7 Å². The van der Waals surface area contributed by atoms with E-state index in [-0.39, 0.29) is 5.91 Å². The van der Waals surface area contributed by atoms with Crippen LogP contribution < -0.4 is 5.32 Å². The summed E-state index contributed by atoms with van der Waals surface area (Å²) in [7, 11) is 0. The molecule has 1 N–H and O–H groups in total. The summed E-state index contributed by atoms with van der Waals surface area (Å²) in [5, 5.41) is 4.17. The number of benzene rings is 2. The number of rotatable bonds is 3. The van der Waals surface area contributed by atoms with E-state index < -0.39 is 0 Å². The topological polar surface area (TPSA) is 42.0 Å². The normalized spacial score (nSPS) is 10.5. The minimum atomic E-state index is -0.203. The van der Waals surface area contributed by atoms with Gasteiger partial charge in [0.15, 0.2) is 0 Å². The van der Waals surface area contributed by atoms with Crippen molar-refractivity contribution in [2.24, 2.45) is 0 Å². The number of carbonyl (C=O) groups excluding carboxylic acids is 1. The molecule has 22 heavy (non-hydrogen) atoms. The number of thiazole rings is 1. The van der Waals surface area contributed by atoms with Crippen LogP contribution in [0.1, 0.15) is 15.2 Å². The van der Waals surface area contributed by atoms with Gasteiger partial charge >= 0.3 is 0 Å². The SMILES string of the molecule is Cc1ccc(NC(=O)c2cnc(-c3ccccc3)s2)c(Cl)c1. The Kier molecular flexibility index (Phi) is 4.22. The Labute approximate surface area is 137 Å². The van der Waals surface area contributed by atoms with Gasteiger partial charge in [-0.3, -0.25) is 4.79 Å². The van der Waals surface area contributed by atoms with Crippen molar-refractivity contribution in [1.82, 2.24) is 4.98 Å². The minimum Gasteiger partial charge on any atom is -0.320 e. The molecule has 5 heteroatoms. The van der Waals surface area contributed by atoms with Gasteiger partial charge in [-0.05, 0) is 24.6 Å². The summed E-state index contributed by atoms with van der Waals surface area (Å²) in [6.07, 6.45) is 1.59. The zero-order chi connectivity index (χ0) is 15.5. The summed E-state index contributed by atoms with van der Waals surface area (Å²) in [4.78, 5) is 17.2. The van der Waals surface area contributed by atoms with Gasteiger partial charge in [0.05, 0.1) is 16.9 Å². The van der Waals surface area contributed by atoms with Crippen molar-refractivity contribution < 1.29 is 4.79 Å². The first kappa shape index (κ1) is 14.8. The Bertz CT molecular complexity index is 815. The van der Waals surface area contributed by atoms with Crippen molar-refractivity contribution in [2.75, 3.05) is 5.32 Å². The van der Waals surface area contributed by atoms with E-state index in [0.29, 0.717) is 15.6 Å². The molecule has 0 fully saturated rings. The number of hydrogen-bond acceptors (Lipinski definition) is 3. The molecule has 3 aromatic rings. The van der Waals surface area contributed by atoms with Crippen LogP contribution in [-0.2, 0) is 0 Å². The predicted octanol–water partition coefficient (Wildman–Crippen LogP) is 5.02. The third kappa shape index (κ3) is 3.18. The van der Waals surface area contributed by atoms with Gasteiger partial charge in [0.25, 0.3) is 5.91 Å². The van der Waals surface area contributed by atoms with Gasteiger partial charge in [-0.25, -0.2) is 4.98 Å². The second kappa shape index (κ2) is 6.30. The molecule has 110 valence electrons. The number of aromatic nitrogens is 1. The van der Waals surface area contributed by atoms with Crippen molar-refractivity contribution in [3.8, 4) is 10.6 Å². The molecule has 0 saturated carbocycles. The van der Waals surface area contributed by atoms with Gasteiger partial charge in [0, 0.05) is 5.56 Å². The second-order valence-electron chi connectivity index (χ2n) is 4.83. The van der Waals surface area contributed by atoms with Gasteiger partial charge in [-0.1, -0.05) is 48.0 Å².